The largest absolute Gasteiger partial charge is 0.315 e. The zero-order valence-corrected chi connectivity index (χ0v) is 11.9. The van der Waals surface area contributed by atoms with Crippen LogP contribution in [0.3, 0.4) is 0 Å². The van der Waals surface area contributed by atoms with Crippen molar-refractivity contribution in [3.05, 3.63) is 66.2 Å². The van der Waals surface area contributed by atoms with Crippen LogP contribution in [0.5, 0.6) is 0 Å². The van der Waals surface area contributed by atoms with Crippen LogP contribution in [0.1, 0.15) is 11.5 Å². The fourth-order valence-electron chi connectivity index (χ4n) is 2.80. The average molecular weight is 287 g/mol. The average Bonchev–Trinajstić information content (AvgIpc) is 2.99. The van der Waals surface area contributed by atoms with Gasteiger partial charge in [0, 0.05) is 19.0 Å². The highest BCUT2D eigenvalue weighted by atomic mass is 32.2. The highest BCUT2D eigenvalue weighted by Gasteiger charge is 2.38. The Morgan fingerprint density at radius 2 is 1.45 bits per heavy atom. The van der Waals surface area contributed by atoms with E-state index in [0.29, 0.717) is 18.0 Å². The second-order valence-corrected chi connectivity index (χ2v) is 7.24. The third kappa shape index (κ3) is 2.37. The SMILES string of the molecule is O=S(=O)(c1ccccc1)[C@H]1CNC[C@@H]1c1ccccc1. The van der Waals surface area contributed by atoms with Gasteiger partial charge in [0.2, 0.25) is 0 Å². The van der Waals surface area contributed by atoms with Crippen molar-refractivity contribution >= 4 is 9.84 Å². The Morgan fingerprint density at radius 1 is 0.850 bits per heavy atom. The van der Waals surface area contributed by atoms with Crippen LogP contribution in [0.15, 0.2) is 65.6 Å². The van der Waals surface area contributed by atoms with E-state index in [4.69, 9.17) is 0 Å². The molecule has 3 nitrogen and oxygen atoms in total. The quantitative estimate of drug-likeness (QED) is 0.941. The Morgan fingerprint density at radius 3 is 2.10 bits per heavy atom. The summed E-state index contributed by atoms with van der Waals surface area (Å²) < 4.78 is 25.6. The summed E-state index contributed by atoms with van der Waals surface area (Å²) in [5, 5.41) is 2.82. The van der Waals surface area contributed by atoms with Gasteiger partial charge in [-0.15, -0.1) is 0 Å². The van der Waals surface area contributed by atoms with Gasteiger partial charge < -0.3 is 5.32 Å². The van der Waals surface area contributed by atoms with E-state index in [0.717, 1.165) is 5.56 Å². The van der Waals surface area contributed by atoms with E-state index in [1.54, 1.807) is 24.3 Å². The molecule has 104 valence electrons. The summed E-state index contributed by atoms with van der Waals surface area (Å²) in [7, 11) is -3.30. The van der Waals surface area contributed by atoms with Crippen molar-refractivity contribution in [1.29, 1.82) is 0 Å². The molecule has 2 aromatic rings. The molecule has 0 unspecified atom stereocenters. The number of nitrogens with one attached hydrogen (secondary N) is 1. The van der Waals surface area contributed by atoms with Crippen molar-refractivity contribution in [2.45, 2.75) is 16.1 Å². The van der Waals surface area contributed by atoms with Crippen LogP contribution in [0.25, 0.3) is 0 Å². The van der Waals surface area contributed by atoms with Gasteiger partial charge in [-0.1, -0.05) is 48.5 Å². The fraction of sp³-hybridized carbons (Fsp3) is 0.250. The summed E-state index contributed by atoms with van der Waals surface area (Å²) in [6, 6.07) is 18.6. The second-order valence-electron chi connectivity index (χ2n) is 5.07. The van der Waals surface area contributed by atoms with Gasteiger partial charge in [-0.25, -0.2) is 8.42 Å². The third-order valence-electron chi connectivity index (χ3n) is 3.86. The van der Waals surface area contributed by atoms with E-state index in [1.807, 2.05) is 36.4 Å². The molecule has 0 saturated carbocycles. The van der Waals surface area contributed by atoms with Crippen LogP contribution < -0.4 is 5.32 Å². The molecular weight excluding hydrogens is 270 g/mol. The smallest absolute Gasteiger partial charge is 0.183 e. The molecule has 4 heteroatoms. The molecule has 0 bridgehead atoms. The topological polar surface area (TPSA) is 46.2 Å². The van der Waals surface area contributed by atoms with E-state index in [9.17, 15) is 8.42 Å². The van der Waals surface area contributed by atoms with Crippen molar-refractivity contribution in [1.82, 2.24) is 5.32 Å². The highest BCUT2D eigenvalue weighted by molar-refractivity contribution is 7.92. The number of benzene rings is 2. The Balaban J connectivity index is 1.97. The van der Waals surface area contributed by atoms with Gasteiger partial charge >= 0.3 is 0 Å². The summed E-state index contributed by atoms with van der Waals surface area (Å²) in [4.78, 5) is 0.412. The Kier molecular flexibility index (Phi) is 3.59. The maximum atomic E-state index is 12.8. The molecule has 0 spiro atoms. The maximum Gasteiger partial charge on any atom is 0.183 e. The minimum Gasteiger partial charge on any atom is -0.315 e. The monoisotopic (exact) mass is 287 g/mol. The van der Waals surface area contributed by atoms with Crippen molar-refractivity contribution in [2.75, 3.05) is 13.1 Å². The second kappa shape index (κ2) is 5.38. The highest BCUT2D eigenvalue weighted by Crippen LogP contribution is 2.31. The van der Waals surface area contributed by atoms with Gasteiger partial charge in [-0.3, -0.25) is 0 Å². The normalized spacial score (nSPS) is 22.8. The number of rotatable bonds is 3. The zero-order valence-electron chi connectivity index (χ0n) is 11.1. The molecule has 0 radical (unpaired) electrons. The summed E-state index contributed by atoms with van der Waals surface area (Å²) in [5.41, 5.74) is 1.09. The summed E-state index contributed by atoms with van der Waals surface area (Å²) in [5.74, 6) is 0.0152. The molecule has 3 rings (SSSR count). The van der Waals surface area contributed by atoms with E-state index in [1.165, 1.54) is 0 Å². The van der Waals surface area contributed by atoms with Crippen LogP contribution in [0, 0.1) is 0 Å². The third-order valence-corrected chi connectivity index (χ3v) is 6.08. The molecule has 1 aliphatic rings. The molecule has 1 heterocycles. The Bertz CT molecular complexity index is 668. The number of hydrogen-bond acceptors (Lipinski definition) is 3. The van der Waals surface area contributed by atoms with Gasteiger partial charge in [-0.05, 0) is 17.7 Å². The van der Waals surface area contributed by atoms with Gasteiger partial charge in [0.15, 0.2) is 9.84 Å². The Labute approximate surface area is 119 Å². The summed E-state index contributed by atoms with van der Waals surface area (Å²) in [6.07, 6.45) is 0. The molecule has 20 heavy (non-hydrogen) atoms. The lowest BCUT2D eigenvalue weighted by Gasteiger charge is -2.19. The van der Waals surface area contributed by atoms with E-state index >= 15 is 0 Å². The predicted octanol–water partition coefficient (Wildman–Crippen LogP) is 2.22. The maximum absolute atomic E-state index is 12.8. The Hall–Kier alpha value is -1.65. The van der Waals surface area contributed by atoms with Crippen LogP contribution >= 0.6 is 0 Å². The lowest BCUT2D eigenvalue weighted by molar-refractivity contribution is 0.575. The first-order chi connectivity index (χ1) is 9.69. The predicted molar refractivity (Wildman–Crippen MR) is 79.5 cm³/mol. The molecule has 1 N–H and O–H groups in total. The molecule has 2 aromatic carbocycles. The molecule has 0 aliphatic carbocycles. The van der Waals surface area contributed by atoms with Crippen molar-refractivity contribution < 1.29 is 8.42 Å². The number of sulfone groups is 1. The lowest BCUT2D eigenvalue weighted by Crippen LogP contribution is -2.28. The summed E-state index contributed by atoms with van der Waals surface area (Å²) >= 11 is 0. The van der Waals surface area contributed by atoms with E-state index < -0.39 is 15.1 Å². The van der Waals surface area contributed by atoms with Crippen molar-refractivity contribution in [3.63, 3.8) is 0 Å². The van der Waals surface area contributed by atoms with Crippen LogP contribution in [-0.2, 0) is 9.84 Å². The molecule has 1 saturated heterocycles. The first kappa shape index (κ1) is 13.3. The molecule has 1 aliphatic heterocycles. The van der Waals surface area contributed by atoms with Crippen LogP contribution in [0.2, 0.25) is 0 Å². The van der Waals surface area contributed by atoms with Gasteiger partial charge in [-0.2, -0.15) is 0 Å². The van der Waals surface area contributed by atoms with Crippen molar-refractivity contribution in [2.24, 2.45) is 0 Å². The molecule has 1 fully saturated rings. The minimum absolute atomic E-state index is 0.0152. The standard InChI is InChI=1S/C16H17NO2S/c18-20(19,14-9-5-2-6-10-14)16-12-17-11-15(16)13-7-3-1-4-8-13/h1-10,15-17H,11-12H2/t15-,16+/m1/s1. The van der Waals surface area contributed by atoms with Gasteiger partial charge in [0.25, 0.3) is 0 Å². The van der Waals surface area contributed by atoms with Gasteiger partial charge in [0.1, 0.15) is 0 Å². The number of hydrogen-bond donors (Lipinski definition) is 1. The van der Waals surface area contributed by atoms with E-state index in [-0.39, 0.29) is 5.92 Å². The van der Waals surface area contributed by atoms with Crippen molar-refractivity contribution in [3.8, 4) is 0 Å². The minimum atomic E-state index is -3.30. The van der Waals surface area contributed by atoms with Crippen LogP contribution in [0.4, 0.5) is 0 Å². The van der Waals surface area contributed by atoms with Crippen LogP contribution in [-0.4, -0.2) is 26.8 Å². The van der Waals surface area contributed by atoms with Gasteiger partial charge in [0.05, 0.1) is 10.1 Å². The van der Waals surface area contributed by atoms with E-state index in [2.05, 4.69) is 5.32 Å². The fourth-order valence-corrected chi connectivity index (χ4v) is 4.71. The molecular formula is C16H17NO2S. The first-order valence-electron chi connectivity index (χ1n) is 6.74. The molecule has 0 amide bonds. The lowest BCUT2D eigenvalue weighted by atomic mass is 9.98. The molecule has 2 atom stereocenters. The molecule has 0 aromatic heterocycles. The summed E-state index contributed by atoms with van der Waals surface area (Å²) in [6.45, 7) is 1.22. The zero-order chi connectivity index (χ0) is 14.0. The first-order valence-corrected chi connectivity index (χ1v) is 8.29.